The molecule has 0 N–H and O–H groups in total. The lowest BCUT2D eigenvalue weighted by atomic mass is 10.4. The Morgan fingerprint density at radius 3 is 0.306 bits per heavy atom. The van der Waals surface area contributed by atoms with E-state index in [-0.39, 0.29) is 29.7 Å². The Morgan fingerprint density at radius 2 is 0.250 bits per heavy atom. The fourth-order valence-electron chi connectivity index (χ4n) is 3.63. The molecule has 4 aliphatic heterocycles. The maximum absolute atomic E-state index is 2.36. The molecule has 224 valence electrons. The smallest absolute Gasteiger partial charge is 0.0107 e. The van der Waals surface area contributed by atoms with E-state index in [1.807, 2.05) is 0 Å². The Labute approximate surface area is 230 Å². The summed E-state index contributed by atoms with van der Waals surface area (Å²) in [5.74, 6) is 0. The van der Waals surface area contributed by atoms with Gasteiger partial charge in [0.05, 0.1) is 0 Å². The van der Waals surface area contributed by atoms with Crippen molar-refractivity contribution >= 4 is 0 Å². The molecule has 36 heavy (non-hydrogen) atoms. The second-order valence-corrected chi connectivity index (χ2v) is 10.4. The van der Waals surface area contributed by atoms with Gasteiger partial charge in [-0.1, -0.05) is 29.7 Å². The molecule has 8 heteroatoms. The van der Waals surface area contributed by atoms with Crippen LogP contribution in [0.1, 0.15) is 29.7 Å². The highest BCUT2D eigenvalue weighted by molar-refractivity contribution is 4.66. The van der Waals surface area contributed by atoms with E-state index < -0.39 is 0 Å². The number of piperazine rings is 4. The fourth-order valence-corrected chi connectivity index (χ4v) is 3.63. The van der Waals surface area contributed by atoms with Gasteiger partial charge in [0.15, 0.2) is 0 Å². The lowest BCUT2D eigenvalue weighted by molar-refractivity contribution is 0.181. The molecule has 8 nitrogen and oxygen atoms in total. The molecular weight excluding hydrogens is 448 g/mol. The van der Waals surface area contributed by atoms with Crippen molar-refractivity contribution in [3.8, 4) is 0 Å². The number of rotatable bonds is 0. The minimum atomic E-state index is 0. The Bertz CT molecular complexity index is 301. The van der Waals surface area contributed by atoms with Crippen molar-refractivity contribution in [3.05, 3.63) is 0 Å². The molecule has 0 spiro atoms. The van der Waals surface area contributed by atoms with Crippen molar-refractivity contribution in [1.82, 2.24) is 39.2 Å². The second kappa shape index (κ2) is 25.0. The first-order chi connectivity index (χ1) is 15.2. The van der Waals surface area contributed by atoms with Gasteiger partial charge in [-0.2, -0.15) is 0 Å². The number of hydrogen-bond acceptors (Lipinski definition) is 8. The first-order valence-electron chi connectivity index (χ1n) is 12.6. The van der Waals surface area contributed by atoms with Crippen LogP contribution in [0.5, 0.6) is 0 Å². The molecular formula is C28H72N8. The first kappa shape index (κ1) is 42.8. The van der Waals surface area contributed by atoms with E-state index in [2.05, 4.69) is 95.6 Å². The Hall–Kier alpha value is -0.320. The van der Waals surface area contributed by atoms with Crippen LogP contribution >= 0.6 is 0 Å². The zero-order chi connectivity index (χ0) is 23.9. The molecule has 0 aromatic carbocycles. The van der Waals surface area contributed by atoms with Gasteiger partial charge in [-0.05, 0) is 56.4 Å². The predicted octanol–water partition coefficient (Wildman–Crippen LogP) is 2.00. The van der Waals surface area contributed by atoms with Crippen molar-refractivity contribution in [2.75, 3.05) is 161 Å². The van der Waals surface area contributed by atoms with Gasteiger partial charge in [0.2, 0.25) is 0 Å². The van der Waals surface area contributed by atoms with Crippen LogP contribution in [-0.4, -0.2) is 200 Å². The van der Waals surface area contributed by atoms with Crippen LogP contribution in [-0.2, 0) is 0 Å². The highest BCUT2D eigenvalue weighted by atomic mass is 15.2. The van der Waals surface area contributed by atoms with Crippen LogP contribution in [0.25, 0.3) is 0 Å². The molecule has 4 heterocycles. The van der Waals surface area contributed by atoms with Gasteiger partial charge < -0.3 is 39.2 Å². The first-order valence-corrected chi connectivity index (χ1v) is 12.6. The molecule has 4 aliphatic rings. The van der Waals surface area contributed by atoms with E-state index in [0.717, 1.165) is 0 Å². The summed E-state index contributed by atoms with van der Waals surface area (Å²) in [5.41, 5.74) is 0. The largest absolute Gasteiger partial charge is 0.304 e. The molecule has 0 saturated carbocycles. The predicted molar refractivity (Wildman–Crippen MR) is 167 cm³/mol. The third-order valence-corrected chi connectivity index (χ3v) is 6.91. The average molecular weight is 521 g/mol. The van der Waals surface area contributed by atoms with Crippen molar-refractivity contribution in [2.45, 2.75) is 29.7 Å². The van der Waals surface area contributed by atoms with Gasteiger partial charge in [-0.15, -0.1) is 0 Å². The molecule has 0 atom stereocenters. The van der Waals surface area contributed by atoms with E-state index in [0.29, 0.717) is 0 Å². The maximum Gasteiger partial charge on any atom is 0.0107 e. The molecule has 0 aromatic heterocycles. The second-order valence-electron chi connectivity index (χ2n) is 10.4. The number of nitrogens with zero attached hydrogens (tertiary/aromatic N) is 8. The van der Waals surface area contributed by atoms with Crippen LogP contribution in [0.15, 0.2) is 0 Å². The third kappa shape index (κ3) is 22.8. The Balaban J connectivity index is -0.000000183. The van der Waals surface area contributed by atoms with Gasteiger partial charge in [-0.3, -0.25) is 0 Å². The minimum absolute atomic E-state index is 0. The topological polar surface area (TPSA) is 25.9 Å². The average Bonchev–Trinajstić information content (AvgIpc) is 2.78. The van der Waals surface area contributed by atoms with E-state index >= 15 is 0 Å². The zero-order valence-electron chi connectivity index (χ0n) is 22.9. The van der Waals surface area contributed by atoms with Crippen molar-refractivity contribution in [2.24, 2.45) is 0 Å². The quantitative estimate of drug-likeness (QED) is 0.479. The van der Waals surface area contributed by atoms with E-state index in [1.165, 1.54) is 105 Å². The molecule has 0 aromatic rings. The standard InChI is InChI=1S/4C6H14N2.4CH4/c4*1-7-3-5-8(2)6-4-7;;;;/h4*3-6H2,1-2H3;4*1H4. The number of likely N-dealkylation sites (N-methyl/N-ethyl adjacent to an activating group) is 8. The summed E-state index contributed by atoms with van der Waals surface area (Å²) in [6, 6.07) is 0. The minimum Gasteiger partial charge on any atom is -0.304 e. The normalized spacial score (nSPS) is 23.3. The molecule has 0 amide bonds. The summed E-state index contributed by atoms with van der Waals surface area (Å²) < 4.78 is 0. The molecule has 4 fully saturated rings. The lowest BCUT2D eigenvalue weighted by Gasteiger charge is -2.28. The van der Waals surface area contributed by atoms with Crippen LogP contribution < -0.4 is 0 Å². The molecule has 0 radical (unpaired) electrons. The molecule has 0 aliphatic carbocycles. The Morgan fingerprint density at radius 1 is 0.194 bits per heavy atom. The SMILES string of the molecule is C.C.C.C.CN1CCN(C)CC1.CN1CCN(C)CC1.CN1CCN(C)CC1.CN1CCN(C)CC1. The lowest BCUT2D eigenvalue weighted by Crippen LogP contribution is -2.42. The summed E-state index contributed by atoms with van der Waals surface area (Å²) in [6.45, 7) is 19.7. The highest BCUT2D eigenvalue weighted by Crippen LogP contribution is 1.95. The maximum atomic E-state index is 2.36. The van der Waals surface area contributed by atoms with Gasteiger partial charge in [0.1, 0.15) is 0 Å². The summed E-state index contributed by atoms with van der Waals surface area (Å²) in [5, 5.41) is 0. The zero-order valence-corrected chi connectivity index (χ0v) is 22.9. The van der Waals surface area contributed by atoms with Crippen molar-refractivity contribution in [3.63, 3.8) is 0 Å². The summed E-state index contributed by atoms with van der Waals surface area (Å²) in [7, 11) is 17.4. The van der Waals surface area contributed by atoms with E-state index in [4.69, 9.17) is 0 Å². The monoisotopic (exact) mass is 521 g/mol. The van der Waals surface area contributed by atoms with Crippen molar-refractivity contribution < 1.29 is 0 Å². The van der Waals surface area contributed by atoms with E-state index in [1.54, 1.807) is 0 Å². The van der Waals surface area contributed by atoms with Gasteiger partial charge >= 0.3 is 0 Å². The third-order valence-electron chi connectivity index (χ3n) is 6.91. The van der Waals surface area contributed by atoms with Crippen molar-refractivity contribution in [1.29, 1.82) is 0 Å². The molecule has 4 rings (SSSR count). The summed E-state index contributed by atoms with van der Waals surface area (Å²) >= 11 is 0. The van der Waals surface area contributed by atoms with E-state index in [9.17, 15) is 0 Å². The van der Waals surface area contributed by atoms with Gasteiger partial charge in [0, 0.05) is 105 Å². The summed E-state index contributed by atoms with van der Waals surface area (Å²) in [4.78, 5) is 18.9. The van der Waals surface area contributed by atoms with Crippen LogP contribution in [0.2, 0.25) is 0 Å². The fraction of sp³-hybridized carbons (Fsp3) is 1.00. The highest BCUT2D eigenvalue weighted by Gasteiger charge is 2.10. The number of hydrogen-bond donors (Lipinski definition) is 0. The van der Waals surface area contributed by atoms with Gasteiger partial charge in [-0.25, -0.2) is 0 Å². The molecule has 0 unspecified atom stereocenters. The van der Waals surface area contributed by atoms with Crippen LogP contribution in [0, 0.1) is 0 Å². The van der Waals surface area contributed by atoms with Crippen LogP contribution in [0.3, 0.4) is 0 Å². The van der Waals surface area contributed by atoms with Gasteiger partial charge in [0.25, 0.3) is 0 Å². The molecule has 0 bridgehead atoms. The molecule has 4 saturated heterocycles. The van der Waals surface area contributed by atoms with Crippen LogP contribution in [0.4, 0.5) is 0 Å². The summed E-state index contributed by atoms with van der Waals surface area (Å²) in [6.07, 6.45) is 0. The Kier molecular flexibility index (Phi) is 29.7.